The van der Waals surface area contributed by atoms with Crippen LogP contribution in [0.1, 0.15) is 28.0 Å². The number of hydrogen-bond donors (Lipinski definition) is 1. The van der Waals surface area contributed by atoms with Crippen molar-refractivity contribution >= 4 is 22.6 Å². The Bertz CT molecular complexity index is 717. The Kier molecular flexibility index (Phi) is 3.85. The Hall–Kier alpha value is -2.61. The van der Waals surface area contributed by atoms with Crippen LogP contribution < -0.4 is 5.73 Å². The first kappa shape index (κ1) is 13.8. The summed E-state index contributed by atoms with van der Waals surface area (Å²) in [6, 6.07) is 7.30. The van der Waals surface area contributed by atoms with E-state index >= 15 is 0 Å². The van der Waals surface area contributed by atoms with E-state index in [0.29, 0.717) is 29.6 Å². The normalized spacial score (nSPS) is 10.2. The van der Waals surface area contributed by atoms with Crippen molar-refractivity contribution in [3.05, 3.63) is 35.0 Å². The lowest BCUT2D eigenvalue weighted by molar-refractivity contribution is 0.0603. The van der Waals surface area contributed by atoms with Gasteiger partial charge in [-0.3, -0.25) is 4.98 Å². The van der Waals surface area contributed by atoms with Gasteiger partial charge in [-0.25, -0.2) is 4.79 Å². The number of methoxy groups -OCH3 is 1. The highest BCUT2D eigenvalue weighted by molar-refractivity contribution is 6.07. The summed E-state index contributed by atoms with van der Waals surface area (Å²) < 4.78 is 4.77. The molecule has 2 aromatic rings. The Morgan fingerprint density at radius 1 is 1.50 bits per heavy atom. The van der Waals surface area contributed by atoms with Crippen LogP contribution >= 0.6 is 0 Å². The molecular formula is C15H15N3O2. The quantitative estimate of drug-likeness (QED) is 0.682. The van der Waals surface area contributed by atoms with Crippen LogP contribution in [0.2, 0.25) is 0 Å². The fourth-order valence-electron chi connectivity index (χ4n) is 2.26. The first-order valence-corrected chi connectivity index (χ1v) is 6.22. The monoisotopic (exact) mass is 269 g/mol. The third-order valence-electron chi connectivity index (χ3n) is 3.11. The minimum atomic E-state index is -0.445. The van der Waals surface area contributed by atoms with Gasteiger partial charge in [-0.1, -0.05) is 0 Å². The fraction of sp³-hybridized carbons (Fsp3) is 0.267. The molecule has 0 aliphatic heterocycles. The maximum atomic E-state index is 11.8. The summed E-state index contributed by atoms with van der Waals surface area (Å²) in [7, 11) is 1.33. The van der Waals surface area contributed by atoms with E-state index in [2.05, 4.69) is 11.1 Å². The van der Waals surface area contributed by atoms with E-state index < -0.39 is 5.97 Å². The summed E-state index contributed by atoms with van der Waals surface area (Å²) in [6.45, 7) is 1.85. The number of carbonyl (C=O) groups excluding carboxylic acids is 1. The van der Waals surface area contributed by atoms with Crippen molar-refractivity contribution in [1.29, 1.82) is 5.26 Å². The molecular weight excluding hydrogens is 254 g/mol. The van der Waals surface area contributed by atoms with Gasteiger partial charge in [0.2, 0.25) is 0 Å². The number of nitriles is 1. The molecule has 1 aromatic heterocycles. The van der Waals surface area contributed by atoms with E-state index in [1.807, 2.05) is 13.0 Å². The standard InChI is InChI=1S/C15H15N3O2/c1-9-8-10(4-3-7-16)13-12(17)6-5-11(14(13)18-9)15(19)20-2/h5-6,8H,3-4,17H2,1-2H3. The molecule has 20 heavy (non-hydrogen) atoms. The number of hydrogen-bond acceptors (Lipinski definition) is 5. The molecule has 0 spiro atoms. The molecule has 1 aromatic carbocycles. The largest absolute Gasteiger partial charge is 0.465 e. The Morgan fingerprint density at radius 2 is 2.25 bits per heavy atom. The van der Waals surface area contributed by atoms with Crippen molar-refractivity contribution in [2.45, 2.75) is 19.8 Å². The molecule has 0 unspecified atom stereocenters. The van der Waals surface area contributed by atoms with Crippen LogP contribution in [0.3, 0.4) is 0 Å². The second-order valence-corrected chi connectivity index (χ2v) is 4.50. The minimum absolute atomic E-state index is 0.388. The number of pyridine rings is 1. The summed E-state index contributed by atoms with van der Waals surface area (Å²) in [5, 5.41) is 9.48. The zero-order valence-corrected chi connectivity index (χ0v) is 11.4. The Labute approximate surface area is 117 Å². The number of nitrogens with two attached hydrogens (primary N) is 1. The van der Waals surface area contributed by atoms with Crippen molar-refractivity contribution in [2.24, 2.45) is 0 Å². The van der Waals surface area contributed by atoms with Gasteiger partial charge >= 0.3 is 5.97 Å². The Balaban J connectivity index is 2.76. The van der Waals surface area contributed by atoms with E-state index in [-0.39, 0.29) is 0 Å². The average molecular weight is 269 g/mol. The summed E-state index contributed by atoms with van der Waals surface area (Å²) >= 11 is 0. The zero-order valence-electron chi connectivity index (χ0n) is 11.4. The molecule has 2 rings (SSSR count). The molecule has 5 nitrogen and oxygen atoms in total. The third kappa shape index (κ3) is 2.41. The summed E-state index contributed by atoms with van der Waals surface area (Å²) in [6.07, 6.45) is 0.964. The SMILES string of the molecule is COC(=O)c1ccc(N)c2c(CCC#N)cc(C)nc12. The molecule has 0 radical (unpaired) electrons. The Morgan fingerprint density at radius 3 is 2.90 bits per heavy atom. The van der Waals surface area contributed by atoms with Gasteiger partial charge in [0.15, 0.2) is 0 Å². The maximum Gasteiger partial charge on any atom is 0.340 e. The molecule has 1 heterocycles. The van der Waals surface area contributed by atoms with Crippen molar-refractivity contribution in [2.75, 3.05) is 12.8 Å². The molecule has 2 N–H and O–H groups in total. The van der Waals surface area contributed by atoms with Crippen molar-refractivity contribution in [3.8, 4) is 6.07 Å². The number of fused-ring (bicyclic) bond motifs is 1. The molecule has 102 valence electrons. The summed E-state index contributed by atoms with van der Waals surface area (Å²) in [5.74, 6) is -0.445. The number of nitrogens with zero attached hydrogens (tertiary/aromatic N) is 2. The van der Waals surface area contributed by atoms with Gasteiger partial charge in [0.1, 0.15) is 0 Å². The molecule has 5 heteroatoms. The van der Waals surface area contributed by atoms with Gasteiger partial charge < -0.3 is 10.5 Å². The highest BCUT2D eigenvalue weighted by Gasteiger charge is 2.16. The maximum absolute atomic E-state index is 11.8. The molecule has 0 aliphatic rings. The molecule has 0 saturated heterocycles. The predicted octanol–water partition coefficient (Wildman–Crippen LogP) is 2.37. The van der Waals surface area contributed by atoms with E-state index in [1.165, 1.54) is 7.11 Å². The van der Waals surface area contributed by atoms with Crippen LogP contribution in [0, 0.1) is 18.3 Å². The number of rotatable bonds is 3. The first-order chi connectivity index (χ1) is 9.58. The van der Waals surface area contributed by atoms with E-state index in [4.69, 9.17) is 15.7 Å². The van der Waals surface area contributed by atoms with Crippen LogP contribution in [0.4, 0.5) is 5.69 Å². The molecule has 0 atom stereocenters. The molecule has 0 fully saturated rings. The van der Waals surface area contributed by atoms with Crippen molar-refractivity contribution < 1.29 is 9.53 Å². The van der Waals surface area contributed by atoms with Gasteiger partial charge in [-0.2, -0.15) is 5.26 Å². The predicted molar refractivity (Wildman–Crippen MR) is 76.2 cm³/mol. The lowest BCUT2D eigenvalue weighted by Crippen LogP contribution is -2.06. The second-order valence-electron chi connectivity index (χ2n) is 4.50. The topological polar surface area (TPSA) is 89.0 Å². The number of nitrogen functional groups attached to an aromatic ring is 1. The average Bonchev–Trinajstić information content (AvgIpc) is 2.44. The number of esters is 1. The van der Waals surface area contributed by atoms with Crippen molar-refractivity contribution in [1.82, 2.24) is 4.98 Å². The molecule has 0 saturated carbocycles. The van der Waals surface area contributed by atoms with Gasteiger partial charge in [-0.15, -0.1) is 0 Å². The summed E-state index contributed by atoms with van der Waals surface area (Å²) in [4.78, 5) is 16.2. The van der Waals surface area contributed by atoms with Gasteiger partial charge in [-0.05, 0) is 37.1 Å². The number of anilines is 1. The highest BCUT2D eigenvalue weighted by atomic mass is 16.5. The van der Waals surface area contributed by atoms with Gasteiger partial charge in [0.05, 0.1) is 24.3 Å². The first-order valence-electron chi connectivity index (χ1n) is 6.22. The molecule has 0 bridgehead atoms. The number of carbonyl (C=O) groups is 1. The number of ether oxygens (including phenoxy) is 1. The number of aromatic nitrogens is 1. The van der Waals surface area contributed by atoms with Crippen LogP contribution in [0.15, 0.2) is 18.2 Å². The van der Waals surface area contributed by atoms with E-state index in [9.17, 15) is 4.79 Å². The highest BCUT2D eigenvalue weighted by Crippen LogP contribution is 2.28. The summed E-state index contributed by atoms with van der Waals surface area (Å²) in [5.41, 5.74) is 9.19. The third-order valence-corrected chi connectivity index (χ3v) is 3.11. The lowest BCUT2D eigenvalue weighted by atomic mass is 9.99. The van der Waals surface area contributed by atoms with Crippen LogP contribution in [-0.2, 0) is 11.2 Å². The zero-order chi connectivity index (χ0) is 14.7. The molecule has 0 amide bonds. The van der Waals surface area contributed by atoms with Crippen LogP contribution in [0.25, 0.3) is 10.9 Å². The van der Waals surface area contributed by atoms with E-state index in [0.717, 1.165) is 16.6 Å². The smallest absolute Gasteiger partial charge is 0.340 e. The minimum Gasteiger partial charge on any atom is -0.465 e. The van der Waals surface area contributed by atoms with E-state index in [1.54, 1.807) is 12.1 Å². The van der Waals surface area contributed by atoms with Gasteiger partial charge in [0.25, 0.3) is 0 Å². The lowest BCUT2D eigenvalue weighted by Gasteiger charge is -2.12. The number of aryl methyl sites for hydroxylation is 2. The second kappa shape index (κ2) is 5.57. The number of benzene rings is 1. The van der Waals surface area contributed by atoms with Crippen LogP contribution in [0.5, 0.6) is 0 Å². The fourth-order valence-corrected chi connectivity index (χ4v) is 2.26. The molecule has 0 aliphatic carbocycles. The van der Waals surface area contributed by atoms with Gasteiger partial charge in [0, 0.05) is 23.2 Å². The van der Waals surface area contributed by atoms with Crippen LogP contribution in [-0.4, -0.2) is 18.1 Å². The van der Waals surface area contributed by atoms with Crippen molar-refractivity contribution in [3.63, 3.8) is 0 Å².